The van der Waals surface area contributed by atoms with E-state index >= 15 is 0 Å². The van der Waals surface area contributed by atoms with E-state index in [0.29, 0.717) is 33.8 Å². The molecule has 0 radical (unpaired) electrons. The SMILES string of the molecule is CN(C)CCN(C(=O)Nc1ccc(I)c(C(F)(F)I)c1)[C@@H]1CC[C@@]2(c3cccc(C#N)c3)CC2C1. The van der Waals surface area contributed by atoms with E-state index in [1.165, 1.54) is 11.6 Å². The maximum atomic E-state index is 14.0. The summed E-state index contributed by atoms with van der Waals surface area (Å²) in [4.78, 5) is 17.3. The Kier molecular flexibility index (Phi) is 7.93. The first-order valence-electron chi connectivity index (χ1n) is 11.6. The topological polar surface area (TPSA) is 59.4 Å². The molecule has 0 aromatic heterocycles. The molecule has 0 heterocycles. The first-order valence-corrected chi connectivity index (χ1v) is 13.8. The second-order valence-electron chi connectivity index (χ2n) is 9.80. The summed E-state index contributed by atoms with van der Waals surface area (Å²) in [6.45, 7) is 1.28. The standard InChI is InChI=1S/C26H28F2I2N4O/c1-33(2)10-11-34(24(35)32-20-6-7-23(29)22(14-20)26(27,28)30)21-8-9-25(15-19(25)13-21)18-5-3-4-17(12-18)16-31/h3-7,12,14,19,21H,8-11,13,15H2,1-2H3,(H,32,35)/t19?,21-,25+/m1/s1. The summed E-state index contributed by atoms with van der Waals surface area (Å²) < 4.78 is 25.4. The van der Waals surface area contributed by atoms with Crippen LogP contribution in [-0.2, 0) is 9.34 Å². The normalized spacial score (nSPS) is 23.4. The molecule has 35 heavy (non-hydrogen) atoms. The molecule has 186 valence electrons. The van der Waals surface area contributed by atoms with E-state index < -0.39 is 3.93 Å². The van der Waals surface area contributed by atoms with Crippen LogP contribution in [-0.4, -0.2) is 49.1 Å². The summed E-state index contributed by atoms with van der Waals surface area (Å²) >= 11 is 3.01. The third kappa shape index (κ3) is 5.91. The van der Waals surface area contributed by atoms with Gasteiger partial charge in [0.1, 0.15) is 0 Å². The number of carbonyl (C=O) groups is 1. The van der Waals surface area contributed by atoms with Crippen molar-refractivity contribution in [3.63, 3.8) is 0 Å². The Labute approximate surface area is 232 Å². The average Bonchev–Trinajstić information content (AvgIpc) is 3.55. The van der Waals surface area contributed by atoms with Gasteiger partial charge in [-0.2, -0.15) is 14.0 Å². The molecule has 2 aromatic carbocycles. The molecule has 2 saturated carbocycles. The molecule has 2 aliphatic rings. The molecule has 9 heteroatoms. The van der Waals surface area contributed by atoms with Gasteiger partial charge in [-0.25, -0.2) is 4.79 Å². The number of nitrogens with zero attached hydrogens (tertiary/aromatic N) is 3. The number of nitriles is 1. The number of hydrogen-bond donors (Lipinski definition) is 1. The minimum absolute atomic E-state index is 0.0871. The first kappa shape index (κ1) is 26.5. The fourth-order valence-corrected chi connectivity index (χ4v) is 6.96. The second kappa shape index (κ2) is 10.5. The number of benzene rings is 2. The first-order chi connectivity index (χ1) is 16.5. The lowest BCUT2D eigenvalue weighted by molar-refractivity contribution is 0.126. The quantitative estimate of drug-likeness (QED) is 0.263. The van der Waals surface area contributed by atoms with Gasteiger partial charge in [-0.05, 0) is 110 Å². The summed E-state index contributed by atoms with van der Waals surface area (Å²) in [5, 5.41) is 12.2. The van der Waals surface area contributed by atoms with Gasteiger partial charge in [0.2, 0.25) is 0 Å². The molecule has 4 rings (SSSR count). The summed E-state index contributed by atoms with van der Waals surface area (Å²) in [7, 11) is 3.94. The molecule has 2 amide bonds. The van der Waals surface area contributed by atoms with Crippen LogP contribution >= 0.6 is 45.2 Å². The number of anilines is 1. The lowest BCUT2D eigenvalue weighted by atomic mass is 9.80. The summed E-state index contributed by atoms with van der Waals surface area (Å²) in [5.41, 5.74) is 2.31. The lowest BCUT2D eigenvalue weighted by Crippen LogP contribution is -2.47. The van der Waals surface area contributed by atoms with Crippen LogP contribution in [0, 0.1) is 20.8 Å². The molecular formula is C26H28F2I2N4O. The van der Waals surface area contributed by atoms with Crippen LogP contribution in [0.3, 0.4) is 0 Å². The van der Waals surface area contributed by atoms with Crippen LogP contribution in [0.5, 0.6) is 0 Å². The van der Waals surface area contributed by atoms with E-state index in [4.69, 9.17) is 0 Å². The highest BCUT2D eigenvalue weighted by atomic mass is 127. The molecule has 2 fully saturated rings. The monoisotopic (exact) mass is 704 g/mol. The van der Waals surface area contributed by atoms with Crippen LogP contribution < -0.4 is 5.32 Å². The van der Waals surface area contributed by atoms with Gasteiger partial charge >= 0.3 is 9.96 Å². The molecule has 1 N–H and O–H groups in total. The number of rotatable bonds is 7. The van der Waals surface area contributed by atoms with E-state index in [-0.39, 0.29) is 23.1 Å². The van der Waals surface area contributed by atoms with E-state index in [1.807, 2.05) is 64.7 Å². The Morgan fingerprint density at radius 3 is 2.69 bits per heavy atom. The number of nitrogens with one attached hydrogen (secondary N) is 1. The Bertz CT molecular complexity index is 1150. The molecule has 0 bridgehead atoms. The lowest BCUT2D eigenvalue weighted by Gasteiger charge is -2.37. The van der Waals surface area contributed by atoms with Gasteiger partial charge in [-0.1, -0.05) is 12.1 Å². The van der Waals surface area contributed by atoms with Crippen molar-refractivity contribution in [2.45, 2.75) is 41.1 Å². The fourth-order valence-electron chi connectivity index (χ4n) is 5.32. The second-order valence-corrected chi connectivity index (χ2v) is 12.3. The zero-order valence-electron chi connectivity index (χ0n) is 19.7. The third-order valence-electron chi connectivity index (χ3n) is 7.29. The van der Waals surface area contributed by atoms with Crippen molar-refractivity contribution in [2.24, 2.45) is 5.92 Å². The van der Waals surface area contributed by atoms with Crippen LogP contribution in [0.15, 0.2) is 42.5 Å². The van der Waals surface area contributed by atoms with Crippen LogP contribution in [0.4, 0.5) is 19.3 Å². The minimum Gasteiger partial charge on any atom is -0.320 e. The summed E-state index contributed by atoms with van der Waals surface area (Å²) in [5.74, 6) is 0.479. The number of likely N-dealkylation sites (N-methyl/N-ethyl adjacent to an activating group) is 1. The summed E-state index contributed by atoms with van der Waals surface area (Å²) in [6, 6.07) is 14.6. The number of alkyl halides is 3. The maximum Gasteiger partial charge on any atom is 0.322 e. The van der Waals surface area contributed by atoms with E-state index in [1.54, 1.807) is 12.1 Å². The highest BCUT2D eigenvalue weighted by molar-refractivity contribution is 14.1. The zero-order chi connectivity index (χ0) is 25.4. The molecule has 1 unspecified atom stereocenters. The van der Waals surface area contributed by atoms with Crippen molar-refractivity contribution in [2.75, 3.05) is 32.5 Å². The molecule has 2 aromatic rings. The number of amides is 2. The Balaban J connectivity index is 1.50. The number of halogens is 4. The minimum atomic E-state index is -3.01. The predicted octanol–water partition coefficient (Wildman–Crippen LogP) is 6.55. The van der Waals surface area contributed by atoms with Crippen molar-refractivity contribution in [3.8, 4) is 6.07 Å². The smallest absolute Gasteiger partial charge is 0.320 e. The Morgan fingerprint density at radius 1 is 1.26 bits per heavy atom. The molecule has 2 aliphatic carbocycles. The van der Waals surface area contributed by atoms with E-state index in [0.717, 1.165) is 48.3 Å². The van der Waals surface area contributed by atoms with Crippen molar-refractivity contribution in [3.05, 3.63) is 62.7 Å². The van der Waals surface area contributed by atoms with Crippen molar-refractivity contribution in [1.82, 2.24) is 9.80 Å². The average molecular weight is 704 g/mol. The molecule has 0 saturated heterocycles. The van der Waals surface area contributed by atoms with Crippen LogP contribution in [0.1, 0.15) is 42.4 Å². The molecule has 5 nitrogen and oxygen atoms in total. The molecular weight excluding hydrogens is 676 g/mol. The van der Waals surface area contributed by atoms with Gasteiger partial charge in [-0.15, -0.1) is 0 Å². The van der Waals surface area contributed by atoms with Crippen molar-refractivity contribution >= 4 is 56.9 Å². The predicted molar refractivity (Wildman–Crippen MR) is 150 cm³/mol. The van der Waals surface area contributed by atoms with Crippen molar-refractivity contribution < 1.29 is 13.6 Å². The van der Waals surface area contributed by atoms with Gasteiger partial charge in [0.05, 0.1) is 11.6 Å². The number of fused-ring (bicyclic) bond motifs is 1. The van der Waals surface area contributed by atoms with Crippen molar-refractivity contribution in [1.29, 1.82) is 5.26 Å². The third-order valence-corrected chi connectivity index (χ3v) is 8.81. The molecule has 0 spiro atoms. The number of hydrogen-bond acceptors (Lipinski definition) is 3. The fraction of sp³-hybridized carbons (Fsp3) is 0.462. The van der Waals surface area contributed by atoms with Gasteiger partial charge in [-0.3, -0.25) is 0 Å². The van der Waals surface area contributed by atoms with Gasteiger partial charge in [0.15, 0.2) is 0 Å². The number of carbonyl (C=O) groups excluding carboxylic acids is 1. The van der Waals surface area contributed by atoms with Crippen LogP contribution in [0.2, 0.25) is 0 Å². The van der Waals surface area contributed by atoms with E-state index in [9.17, 15) is 18.8 Å². The largest absolute Gasteiger partial charge is 0.322 e. The molecule has 0 aliphatic heterocycles. The highest BCUT2D eigenvalue weighted by Gasteiger charge is 2.58. The summed E-state index contributed by atoms with van der Waals surface area (Å²) in [6.07, 6.45) is 3.82. The van der Waals surface area contributed by atoms with Gasteiger partial charge in [0.25, 0.3) is 0 Å². The van der Waals surface area contributed by atoms with Crippen LogP contribution in [0.25, 0.3) is 0 Å². The van der Waals surface area contributed by atoms with Gasteiger partial charge < -0.3 is 15.1 Å². The maximum absolute atomic E-state index is 14.0. The number of urea groups is 1. The van der Waals surface area contributed by atoms with Gasteiger partial charge in [0, 0.05) is 56.5 Å². The zero-order valence-corrected chi connectivity index (χ0v) is 24.0. The highest BCUT2D eigenvalue weighted by Crippen LogP contribution is 2.62. The Morgan fingerprint density at radius 2 is 2.03 bits per heavy atom. The molecule has 3 atom stereocenters. The van der Waals surface area contributed by atoms with E-state index in [2.05, 4.69) is 17.5 Å². The Hall–Kier alpha value is -1.52.